The molecule has 0 radical (unpaired) electrons. The number of nitrogens with two attached hydrogens (primary N) is 1. The van der Waals surface area contributed by atoms with Crippen LogP contribution in [0.1, 0.15) is 18.5 Å². The van der Waals surface area contributed by atoms with Crippen LogP contribution in [0, 0.1) is 5.82 Å². The van der Waals surface area contributed by atoms with Crippen LogP contribution in [-0.2, 0) is 0 Å². The zero-order valence-electron chi connectivity index (χ0n) is 11.6. The molecular formula is C13H17F4NO2S. The van der Waals surface area contributed by atoms with E-state index in [1.54, 1.807) is 6.92 Å². The fraction of sp³-hybridized carbons (Fsp3) is 0.538. The third-order valence-electron chi connectivity index (χ3n) is 3.07. The predicted octanol–water partition coefficient (Wildman–Crippen LogP) is 2.88. The molecule has 0 saturated carbocycles. The predicted molar refractivity (Wildman–Crippen MR) is 73.9 cm³/mol. The number of hydrogen-bond acceptors (Lipinski definition) is 4. The van der Waals surface area contributed by atoms with Gasteiger partial charge in [-0.05, 0) is 11.8 Å². The highest BCUT2D eigenvalue weighted by Gasteiger charge is 2.58. The molecule has 0 aliphatic rings. The Labute approximate surface area is 124 Å². The molecule has 2 atom stereocenters. The van der Waals surface area contributed by atoms with Gasteiger partial charge in [-0.3, -0.25) is 0 Å². The second kappa shape index (κ2) is 6.85. The van der Waals surface area contributed by atoms with Gasteiger partial charge in [0, 0.05) is 17.4 Å². The third-order valence-corrected chi connectivity index (χ3v) is 4.13. The molecule has 0 aliphatic heterocycles. The van der Waals surface area contributed by atoms with E-state index in [-0.39, 0.29) is 5.75 Å². The quantitative estimate of drug-likeness (QED) is 0.789. The number of ether oxygens (including phenoxy) is 1. The number of alkyl halides is 3. The molecule has 1 aromatic rings. The van der Waals surface area contributed by atoms with Crippen LogP contribution in [0.4, 0.5) is 17.6 Å². The molecule has 3 nitrogen and oxygen atoms in total. The maximum Gasteiger partial charge on any atom is 0.419 e. The molecule has 1 aromatic carbocycles. The molecule has 0 bridgehead atoms. The number of hydrogen-bond donors (Lipinski definition) is 2. The van der Waals surface area contributed by atoms with E-state index in [4.69, 9.17) is 10.5 Å². The lowest BCUT2D eigenvalue weighted by Crippen LogP contribution is -2.55. The highest BCUT2D eigenvalue weighted by Crippen LogP contribution is 2.41. The Kier molecular flexibility index (Phi) is 5.89. The molecule has 1 rings (SSSR count). The number of aliphatic hydroxyl groups is 1. The molecule has 0 amide bonds. The van der Waals surface area contributed by atoms with E-state index in [1.165, 1.54) is 13.2 Å². The van der Waals surface area contributed by atoms with Crippen molar-refractivity contribution >= 4 is 11.8 Å². The van der Waals surface area contributed by atoms with Crippen molar-refractivity contribution in [3.8, 4) is 5.75 Å². The average molecular weight is 327 g/mol. The van der Waals surface area contributed by atoms with Crippen molar-refractivity contribution in [1.82, 2.24) is 0 Å². The van der Waals surface area contributed by atoms with Gasteiger partial charge in [-0.15, -0.1) is 0 Å². The minimum absolute atomic E-state index is 0.155. The van der Waals surface area contributed by atoms with E-state index < -0.39 is 35.0 Å². The van der Waals surface area contributed by atoms with Gasteiger partial charge >= 0.3 is 6.18 Å². The first-order valence-corrected chi connectivity index (χ1v) is 7.28. The highest BCUT2D eigenvalue weighted by molar-refractivity contribution is 7.99. The van der Waals surface area contributed by atoms with E-state index in [0.717, 1.165) is 23.9 Å². The smallest absolute Gasteiger partial charge is 0.419 e. The van der Waals surface area contributed by atoms with Gasteiger partial charge in [0.15, 0.2) is 5.60 Å². The largest absolute Gasteiger partial charge is 0.497 e. The van der Waals surface area contributed by atoms with Crippen LogP contribution < -0.4 is 10.5 Å². The zero-order chi connectivity index (χ0) is 16.3. The minimum Gasteiger partial charge on any atom is -0.497 e. The maximum absolute atomic E-state index is 13.9. The first kappa shape index (κ1) is 18.1. The van der Waals surface area contributed by atoms with Gasteiger partial charge in [0.05, 0.1) is 13.2 Å². The van der Waals surface area contributed by atoms with Crippen molar-refractivity contribution in [3.63, 3.8) is 0 Å². The monoisotopic (exact) mass is 327 g/mol. The molecule has 0 saturated heterocycles. The summed E-state index contributed by atoms with van der Waals surface area (Å²) in [5.41, 5.74) is 1.91. The van der Waals surface area contributed by atoms with Gasteiger partial charge in [0.25, 0.3) is 0 Å². The first-order valence-electron chi connectivity index (χ1n) is 6.13. The summed E-state index contributed by atoms with van der Waals surface area (Å²) in [5.74, 6) is -1.09. The minimum atomic E-state index is -4.97. The fourth-order valence-electron chi connectivity index (χ4n) is 1.75. The molecule has 0 spiro atoms. The summed E-state index contributed by atoms with van der Waals surface area (Å²) in [4.78, 5) is 0. The van der Waals surface area contributed by atoms with E-state index in [1.807, 2.05) is 0 Å². The lowest BCUT2D eigenvalue weighted by Gasteiger charge is -2.35. The molecule has 0 heterocycles. The maximum atomic E-state index is 13.9. The SMILES string of the molecule is CCSCC(O)(C(N)c1ccc(OC)cc1F)C(F)(F)F. The molecule has 21 heavy (non-hydrogen) atoms. The van der Waals surface area contributed by atoms with Crippen molar-refractivity contribution in [3.05, 3.63) is 29.6 Å². The van der Waals surface area contributed by atoms with Crippen LogP contribution in [0.15, 0.2) is 18.2 Å². The summed E-state index contributed by atoms with van der Waals surface area (Å²) in [5, 5.41) is 9.98. The van der Waals surface area contributed by atoms with E-state index in [9.17, 15) is 22.7 Å². The van der Waals surface area contributed by atoms with Gasteiger partial charge in [-0.2, -0.15) is 24.9 Å². The number of benzene rings is 1. The van der Waals surface area contributed by atoms with Gasteiger partial charge in [-0.25, -0.2) is 4.39 Å². The molecule has 3 N–H and O–H groups in total. The van der Waals surface area contributed by atoms with E-state index in [0.29, 0.717) is 5.75 Å². The Hall–Kier alpha value is -0.990. The Balaban J connectivity index is 3.19. The standard InChI is InChI=1S/C13H17F4NO2S/c1-3-21-7-12(19,13(15,16)17)11(18)9-5-4-8(20-2)6-10(9)14/h4-6,11,19H,3,7,18H2,1-2H3. The highest BCUT2D eigenvalue weighted by atomic mass is 32.2. The van der Waals surface area contributed by atoms with Gasteiger partial charge in [-0.1, -0.05) is 13.0 Å². The third kappa shape index (κ3) is 3.81. The van der Waals surface area contributed by atoms with Crippen LogP contribution in [0.3, 0.4) is 0 Å². The molecule has 120 valence electrons. The van der Waals surface area contributed by atoms with E-state index in [2.05, 4.69) is 0 Å². The van der Waals surface area contributed by atoms with Gasteiger partial charge in [0.2, 0.25) is 0 Å². The second-order valence-corrected chi connectivity index (χ2v) is 5.70. The Bertz CT molecular complexity index is 484. The summed E-state index contributed by atoms with van der Waals surface area (Å²) in [6.07, 6.45) is -4.97. The lowest BCUT2D eigenvalue weighted by molar-refractivity contribution is -0.259. The molecule has 8 heteroatoms. The summed E-state index contributed by atoms with van der Waals surface area (Å²) in [7, 11) is 1.30. The molecule has 0 aliphatic carbocycles. The fourth-order valence-corrected chi connectivity index (χ4v) is 2.61. The molecule has 2 unspecified atom stereocenters. The first-order chi connectivity index (χ1) is 9.67. The summed E-state index contributed by atoms with van der Waals surface area (Å²) < 4.78 is 58.1. The van der Waals surface area contributed by atoms with Crippen molar-refractivity contribution in [2.24, 2.45) is 5.73 Å². The van der Waals surface area contributed by atoms with E-state index >= 15 is 0 Å². The number of methoxy groups -OCH3 is 1. The second-order valence-electron chi connectivity index (χ2n) is 4.42. The normalized spacial score (nSPS) is 16.4. The van der Waals surface area contributed by atoms with Crippen molar-refractivity contribution in [1.29, 1.82) is 0 Å². The Morgan fingerprint density at radius 2 is 2.00 bits per heavy atom. The van der Waals surface area contributed by atoms with Gasteiger partial charge < -0.3 is 15.6 Å². The molecular weight excluding hydrogens is 310 g/mol. The molecule has 0 fully saturated rings. The topological polar surface area (TPSA) is 55.5 Å². The van der Waals surface area contributed by atoms with Crippen molar-refractivity contribution in [2.75, 3.05) is 18.6 Å². The summed E-state index contributed by atoms with van der Waals surface area (Å²) >= 11 is 0.881. The van der Waals surface area contributed by atoms with Crippen LogP contribution in [0.25, 0.3) is 0 Å². The van der Waals surface area contributed by atoms with Crippen molar-refractivity contribution in [2.45, 2.75) is 24.7 Å². The Morgan fingerprint density at radius 1 is 1.38 bits per heavy atom. The Morgan fingerprint density at radius 3 is 2.43 bits per heavy atom. The van der Waals surface area contributed by atoms with Crippen LogP contribution in [0.5, 0.6) is 5.75 Å². The number of thioether (sulfide) groups is 1. The average Bonchev–Trinajstić information content (AvgIpc) is 2.42. The summed E-state index contributed by atoms with van der Waals surface area (Å²) in [6.45, 7) is 1.65. The summed E-state index contributed by atoms with van der Waals surface area (Å²) in [6, 6.07) is 1.38. The number of halogens is 4. The zero-order valence-corrected chi connectivity index (χ0v) is 12.4. The van der Waals surface area contributed by atoms with Crippen LogP contribution >= 0.6 is 11.8 Å². The number of rotatable bonds is 6. The lowest BCUT2D eigenvalue weighted by atomic mass is 9.89. The van der Waals surface area contributed by atoms with Crippen molar-refractivity contribution < 1.29 is 27.4 Å². The molecule has 0 aromatic heterocycles. The van der Waals surface area contributed by atoms with Crippen LogP contribution in [-0.4, -0.2) is 35.5 Å². The van der Waals surface area contributed by atoms with Gasteiger partial charge in [0.1, 0.15) is 11.6 Å². The van der Waals surface area contributed by atoms with Crippen LogP contribution in [0.2, 0.25) is 0 Å².